The number of unbranched alkanes of at least 4 members (excludes halogenated alkanes) is 1. The minimum atomic E-state index is -0.968. The zero-order valence-electron chi connectivity index (χ0n) is 22.6. The van der Waals surface area contributed by atoms with Crippen LogP contribution in [0.1, 0.15) is 68.8 Å². The van der Waals surface area contributed by atoms with Crippen LogP contribution in [0.2, 0.25) is 0 Å². The van der Waals surface area contributed by atoms with Crippen LogP contribution in [-0.4, -0.2) is 63.9 Å². The number of piperazine rings is 1. The van der Waals surface area contributed by atoms with E-state index in [2.05, 4.69) is 31.0 Å². The minimum absolute atomic E-state index is 0.0105. The van der Waals surface area contributed by atoms with Crippen LogP contribution in [0.5, 0.6) is 11.5 Å². The summed E-state index contributed by atoms with van der Waals surface area (Å²) in [5.41, 5.74) is 0.609. The molecule has 8 heteroatoms. The number of nitrogens with one attached hydrogen (secondary N) is 1. The van der Waals surface area contributed by atoms with E-state index in [4.69, 9.17) is 9.84 Å². The molecule has 2 amide bonds. The number of rotatable bonds is 10. The number of aromatic carboxylic acids is 1. The summed E-state index contributed by atoms with van der Waals surface area (Å²) in [5.74, 6) is 0.707. The number of carbonyl (C=O) groups excluding carboxylic acids is 2. The number of amides is 2. The lowest BCUT2D eigenvalue weighted by molar-refractivity contribution is -0.161. The van der Waals surface area contributed by atoms with Gasteiger partial charge in [-0.05, 0) is 73.6 Å². The average Bonchev–Trinajstić information content (AvgIpc) is 2.89. The van der Waals surface area contributed by atoms with E-state index in [9.17, 15) is 14.4 Å². The number of carboxylic acids is 1. The maximum absolute atomic E-state index is 13.4. The molecule has 4 rings (SSSR count). The topological polar surface area (TPSA) is 99.2 Å². The van der Waals surface area contributed by atoms with Gasteiger partial charge in [0, 0.05) is 26.2 Å². The number of piperidine rings is 1. The average molecular weight is 522 g/mol. The summed E-state index contributed by atoms with van der Waals surface area (Å²) in [6, 6.07) is 13.7. The number of carbonyl (C=O) groups is 3. The molecule has 2 heterocycles. The molecule has 2 aromatic rings. The molecule has 0 aliphatic carbocycles. The van der Waals surface area contributed by atoms with E-state index in [-0.39, 0.29) is 17.4 Å². The van der Waals surface area contributed by atoms with Crippen LogP contribution < -0.4 is 10.1 Å². The molecular formula is C30H39N3O5. The summed E-state index contributed by atoms with van der Waals surface area (Å²) >= 11 is 0. The van der Waals surface area contributed by atoms with Crippen LogP contribution in [0.3, 0.4) is 0 Å². The van der Waals surface area contributed by atoms with E-state index < -0.39 is 17.6 Å². The lowest BCUT2D eigenvalue weighted by Crippen LogP contribution is -2.73. The van der Waals surface area contributed by atoms with Crippen LogP contribution in [0.15, 0.2) is 48.5 Å². The van der Waals surface area contributed by atoms with Crippen LogP contribution in [-0.2, 0) is 16.1 Å². The molecule has 8 nitrogen and oxygen atoms in total. The van der Waals surface area contributed by atoms with Crippen molar-refractivity contribution >= 4 is 17.8 Å². The lowest BCUT2D eigenvalue weighted by Gasteiger charge is -2.52. The fourth-order valence-corrected chi connectivity index (χ4v) is 5.45. The maximum Gasteiger partial charge on any atom is 0.335 e. The Balaban J connectivity index is 1.36. The van der Waals surface area contributed by atoms with Gasteiger partial charge >= 0.3 is 5.97 Å². The quantitative estimate of drug-likeness (QED) is 0.471. The molecule has 2 aliphatic heterocycles. The van der Waals surface area contributed by atoms with Crippen molar-refractivity contribution in [2.45, 2.75) is 71.0 Å². The maximum atomic E-state index is 13.4. The van der Waals surface area contributed by atoms with E-state index in [0.29, 0.717) is 43.2 Å². The Labute approximate surface area is 225 Å². The van der Waals surface area contributed by atoms with Gasteiger partial charge in [0.05, 0.1) is 5.56 Å². The third kappa shape index (κ3) is 6.18. The summed E-state index contributed by atoms with van der Waals surface area (Å²) in [6.07, 6.45) is 3.82. The molecule has 2 N–H and O–H groups in total. The Kier molecular flexibility index (Phi) is 8.72. The molecule has 2 aliphatic rings. The first kappa shape index (κ1) is 27.6. The minimum Gasteiger partial charge on any atom is -0.478 e. The predicted molar refractivity (Wildman–Crippen MR) is 145 cm³/mol. The molecule has 2 saturated heterocycles. The summed E-state index contributed by atoms with van der Waals surface area (Å²) < 4.78 is 5.84. The Hall–Kier alpha value is -3.39. The van der Waals surface area contributed by atoms with Gasteiger partial charge in [-0.25, -0.2) is 4.79 Å². The molecule has 0 bridgehead atoms. The van der Waals surface area contributed by atoms with Gasteiger partial charge in [0.15, 0.2) is 0 Å². The Bertz CT molecular complexity index is 1120. The van der Waals surface area contributed by atoms with Crippen molar-refractivity contribution < 1.29 is 24.2 Å². The highest BCUT2D eigenvalue weighted by Gasteiger charge is 2.53. The van der Waals surface area contributed by atoms with Gasteiger partial charge in [-0.3, -0.25) is 14.5 Å². The van der Waals surface area contributed by atoms with Gasteiger partial charge in [-0.1, -0.05) is 39.3 Å². The second-order valence-corrected chi connectivity index (χ2v) is 10.9. The van der Waals surface area contributed by atoms with Crippen molar-refractivity contribution in [2.24, 2.45) is 5.92 Å². The molecule has 204 valence electrons. The number of carboxylic acid groups (broad SMARTS) is 1. The predicted octanol–water partition coefficient (Wildman–Crippen LogP) is 4.68. The van der Waals surface area contributed by atoms with Crippen molar-refractivity contribution in [2.75, 3.05) is 19.6 Å². The lowest BCUT2D eigenvalue weighted by atomic mass is 9.80. The first-order valence-electron chi connectivity index (χ1n) is 13.7. The fourth-order valence-electron chi connectivity index (χ4n) is 5.45. The first-order valence-corrected chi connectivity index (χ1v) is 13.7. The molecule has 0 radical (unpaired) electrons. The van der Waals surface area contributed by atoms with Gasteiger partial charge in [-0.15, -0.1) is 0 Å². The molecule has 0 saturated carbocycles. The number of benzene rings is 2. The largest absolute Gasteiger partial charge is 0.478 e. The second kappa shape index (κ2) is 12.0. The van der Waals surface area contributed by atoms with Crippen LogP contribution in [0.25, 0.3) is 0 Å². The molecule has 1 atom stereocenters. The molecule has 1 spiro atoms. The smallest absolute Gasteiger partial charge is 0.335 e. The highest BCUT2D eigenvalue weighted by atomic mass is 16.5. The van der Waals surface area contributed by atoms with E-state index in [0.717, 1.165) is 38.0 Å². The number of nitrogens with zero attached hydrogens (tertiary/aromatic N) is 2. The standard InChI is InChI=1S/C30H39N3O5/c1-4-5-16-33-27(34)26(19-21(2)3)31-29(37)30(33)14-17-32(18-15-30)20-22-6-10-24(11-7-22)38-25-12-8-23(9-13-25)28(35)36/h6-13,21,26H,4-5,14-20H2,1-3H3,(H,31,37)(H,35,36). The van der Waals surface area contributed by atoms with Gasteiger partial charge < -0.3 is 20.1 Å². The first-order chi connectivity index (χ1) is 18.2. The summed E-state index contributed by atoms with van der Waals surface area (Å²) in [6.45, 7) is 9.15. The van der Waals surface area contributed by atoms with E-state index in [1.54, 1.807) is 12.1 Å². The normalized spacial score (nSPS) is 19.6. The summed E-state index contributed by atoms with van der Waals surface area (Å²) in [4.78, 5) is 42.1. The Morgan fingerprint density at radius 2 is 1.66 bits per heavy atom. The second-order valence-electron chi connectivity index (χ2n) is 10.9. The van der Waals surface area contributed by atoms with Gasteiger partial charge in [0.1, 0.15) is 23.1 Å². The molecular weight excluding hydrogens is 482 g/mol. The van der Waals surface area contributed by atoms with Gasteiger partial charge in [0.2, 0.25) is 11.8 Å². The summed E-state index contributed by atoms with van der Waals surface area (Å²) in [7, 11) is 0. The zero-order chi connectivity index (χ0) is 27.3. The van der Waals surface area contributed by atoms with Crippen molar-refractivity contribution in [3.8, 4) is 11.5 Å². The van der Waals surface area contributed by atoms with Crippen molar-refractivity contribution in [1.82, 2.24) is 15.1 Å². The summed E-state index contributed by atoms with van der Waals surface area (Å²) in [5, 5.41) is 12.1. The SMILES string of the molecule is CCCCN1C(=O)C(CC(C)C)NC(=O)C12CCN(Cc1ccc(Oc3ccc(C(=O)O)cc3)cc1)CC2. The highest BCUT2D eigenvalue weighted by molar-refractivity contribution is 6.00. The molecule has 2 fully saturated rings. The van der Waals surface area contributed by atoms with Crippen LogP contribution in [0.4, 0.5) is 0 Å². The monoisotopic (exact) mass is 521 g/mol. The third-order valence-electron chi connectivity index (χ3n) is 7.60. The Morgan fingerprint density at radius 1 is 1.05 bits per heavy atom. The van der Waals surface area contributed by atoms with Gasteiger partial charge in [0.25, 0.3) is 0 Å². The fraction of sp³-hybridized carbons (Fsp3) is 0.500. The molecule has 38 heavy (non-hydrogen) atoms. The van der Waals surface area contributed by atoms with E-state index >= 15 is 0 Å². The zero-order valence-corrected chi connectivity index (χ0v) is 22.6. The molecule has 2 aromatic carbocycles. The highest BCUT2D eigenvalue weighted by Crippen LogP contribution is 2.35. The third-order valence-corrected chi connectivity index (χ3v) is 7.60. The van der Waals surface area contributed by atoms with Crippen LogP contribution >= 0.6 is 0 Å². The number of hydrogen-bond donors (Lipinski definition) is 2. The van der Waals surface area contributed by atoms with Gasteiger partial charge in [-0.2, -0.15) is 0 Å². The van der Waals surface area contributed by atoms with Crippen molar-refractivity contribution in [3.05, 3.63) is 59.7 Å². The molecule has 0 aromatic heterocycles. The number of likely N-dealkylation sites (tertiary alicyclic amines) is 1. The van der Waals surface area contributed by atoms with Crippen molar-refractivity contribution in [1.29, 1.82) is 0 Å². The van der Waals surface area contributed by atoms with Crippen LogP contribution in [0, 0.1) is 5.92 Å². The van der Waals surface area contributed by atoms with E-state index in [1.807, 2.05) is 29.2 Å². The number of hydrogen-bond acceptors (Lipinski definition) is 5. The molecule has 1 unspecified atom stereocenters. The number of ether oxygens (including phenoxy) is 1. The Morgan fingerprint density at radius 3 is 2.21 bits per heavy atom. The van der Waals surface area contributed by atoms with Crippen molar-refractivity contribution in [3.63, 3.8) is 0 Å². The van der Waals surface area contributed by atoms with E-state index in [1.165, 1.54) is 12.1 Å².